The van der Waals surface area contributed by atoms with Crippen LogP contribution in [0.5, 0.6) is 0 Å². The Bertz CT molecular complexity index is 150. The predicted octanol–water partition coefficient (Wildman–Crippen LogP) is 0.690. The van der Waals surface area contributed by atoms with Crippen molar-refractivity contribution in [3.8, 4) is 0 Å². The summed E-state index contributed by atoms with van der Waals surface area (Å²) in [6, 6.07) is 0.920. The van der Waals surface area contributed by atoms with Gasteiger partial charge in [0.25, 0.3) is 0 Å². The van der Waals surface area contributed by atoms with Gasteiger partial charge in [0.2, 0.25) is 0 Å². The summed E-state index contributed by atoms with van der Waals surface area (Å²) in [5.41, 5.74) is 6.02. The second kappa shape index (κ2) is 4.94. The average molecular weight is 186 g/mol. The first-order valence-corrected chi connectivity index (χ1v) is 5.15. The smallest absolute Gasteiger partial charge is 0.0521 e. The summed E-state index contributed by atoms with van der Waals surface area (Å²) in [6.45, 7) is 7.13. The molecule has 0 bridgehead atoms. The van der Waals surface area contributed by atoms with Crippen LogP contribution in [0.2, 0.25) is 0 Å². The third kappa shape index (κ3) is 3.25. The SMILES string of the molecule is CC(C)N(C)CC1COCCC1N. The molecule has 2 unspecified atom stereocenters. The van der Waals surface area contributed by atoms with Crippen LogP contribution in [0, 0.1) is 5.92 Å². The van der Waals surface area contributed by atoms with Crippen molar-refractivity contribution in [2.75, 3.05) is 26.8 Å². The molecule has 1 saturated heterocycles. The highest BCUT2D eigenvalue weighted by molar-refractivity contribution is 4.79. The highest BCUT2D eigenvalue weighted by Gasteiger charge is 2.23. The van der Waals surface area contributed by atoms with Crippen LogP contribution in [0.15, 0.2) is 0 Å². The lowest BCUT2D eigenvalue weighted by Gasteiger charge is -2.33. The molecule has 0 aromatic rings. The summed E-state index contributed by atoms with van der Waals surface area (Å²) in [5, 5.41) is 0. The molecule has 2 N–H and O–H groups in total. The Hall–Kier alpha value is -0.120. The molecule has 0 aromatic heterocycles. The summed E-state index contributed by atoms with van der Waals surface area (Å²) in [7, 11) is 2.14. The molecule has 2 atom stereocenters. The Balaban J connectivity index is 2.33. The molecule has 0 aliphatic carbocycles. The number of nitrogens with zero attached hydrogens (tertiary/aromatic N) is 1. The van der Waals surface area contributed by atoms with E-state index in [0.29, 0.717) is 18.0 Å². The van der Waals surface area contributed by atoms with Crippen molar-refractivity contribution in [3.63, 3.8) is 0 Å². The highest BCUT2D eigenvalue weighted by Crippen LogP contribution is 2.14. The van der Waals surface area contributed by atoms with E-state index < -0.39 is 0 Å². The zero-order chi connectivity index (χ0) is 9.84. The Morgan fingerprint density at radius 2 is 2.23 bits per heavy atom. The van der Waals surface area contributed by atoms with Gasteiger partial charge in [-0.3, -0.25) is 0 Å². The predicted molar refractivity (Wildman–Crippen MR) is 54.7 cm³/mol. The molecule has 13 heavy (non-hydrogen) atoms. The number of hydrogen-bond donors (Lipinski definition) is 1. The van der Waals surface area contributed by atoms with E-state index >= 15 is 0 Å². The topological polar surface area (TPSA) is 38.5 Å². The van der Waals surface area contributed by atoms with Crippen molar-refractivity contribution in [2.45, 2.75) is 32.4 Å². The fraction of sp³-hybridized carbons (Fsp3) is 1.00. The van der Waals surface area contributed by atoms with Crippen LogP contribution in [-0.4, -0.2) is 43.8 Å². The zero-order valence-electron chi connectivity index (χ0n) is 8.99. The molecule has 0 amide bonds. The summed E-state index contributed by atoms with van der Waals surface area (Å²) in [6.07, 6.45) is 1.01. The summed E-state index contributed by atoms with van der Waals surface area (Å²) in [4.78, 5) is 2.33. The van der Waals surface area contributed by atoms with E-state index in [9.17, 15) is 0 Å². The normalized spacial score (nSPS) is 30.0. The van der Waals surface area contributed by atoms with Gasteiger partial charge < -0.3 is 15.4 Å². The van der Waals surface area contributed by atoms with E-state index in [4.69, 9.17) is 10.5 Å². The van der Waals surface area contributed by atoms with Crippen molar-refractivity contribution in [3.05, 3.63) is 0 Å². The summed E-state index contributed by atoms with van der Waals surface area (Å²) in [5.74, 6) is 0.515. The van der Waals surface area contributed by atoms with Gasteiger partial charge >= 0.3 is 0 Å². The number of rotatable bonds is 3. The first kappa shape index (κ1) is 11.0. The molecule has 1 aliphatic rings. The minimum Gasteiger partial charge on any atom is -0.381 e. The molecule has 3 nitrogen and oxygen atoms in total. The molecule has 0 spiro atoms. The maximum atomic E-state index is 6.02. The Kier molecular flexibility index (Phi) is 4.16. The minimum absolute atomic E-state index is 0.329. The Morgan fingerprint density at radius 3 is 2.77 bits per heavy atom. The average Bonchev–Trinajstić information content (AvgIpc) is 2.08. The van der Waals surface area contributed by atoms with Gasteiger partial charge in [0.1, 0.15) is 0 Å². The fourth-order valence-electron chi connectivity index (χ4n) is 1.58. The van der Waals surface area contributed by atoms with Crippen molar-refractivity contribution in [1.29, 1.82) is 0 Å². The Labute approximate surface area is 81.2 Å². The molecule has 0 aromatic carbocycles. The standard InChI is InChI=1S/C10H22N2O/c1-8(2)12(3)6-9-7-13-5-4-10(9)11/h8-10H,4-7,11H2,1-3H3. The number of ether oxygens (including phenoxy) is 1. The second-order valence-electron chi connectivity index (χ2n) is 4.32. The van der Waals surface area contributed by atoms with Crippen LogP contribution in [0.1, 0.15) is 20.3 Å². The van der Waals surface area contributed by atoms with Crippen molar-refractivity contribution < 1.29 is 4.74 Å². The molecule has 1 aliphatic heterocycles. The molecule has 78 valence electrons. The van der Waals surface area contributed by atoms with Crippen molar-refractivity contribution in [1.82, 2.24) is 4.90 Å². The molecule has 0 saturated carbocycles. The van der Waals surface area contributed by atoms with E-state index in [-0.39, 0.29) is 0 Å². The largest absolute Gasteiger partial charge is 0.381 e. The molecule has 3 heteroatoms. The monoisotopic (exact) mass is 186 g/mol. The third-order valence-corrected chi connectivity index (χ3v) is 2.94. The van der Waals surface area contributed by atoms with Crippen LogP contribution in [0.4, 0.5) is 0 Å². The maximum Gasteiger partial charge on any atom is 0.0521 e. The van der Waals surface area contributed by atoms with Gasteiger partial charge in [0.15, 0.2) is 0 Å². The third-order valence-electron chi connectivity index (χ3n) is 2.94. The van der Waals surface area contributed by atoms with E-state index in [1.165, 1.54) is 0 Å². The molecule has 1 fully saturated rings. The second-order valence-corrected chi connectivity index (χ2v) is 4.32. The van der Waals surface area contributed by atoms with Gasteiger partial charge in [0, 0.05) is 31.2 Å². The van der Waals surface area contributed by atoms with E-state index in [1.807, 2.05) is 0 Å². The first-order valence-electron chi connectivity index (χ1n) is 5.15. The summed E-state index contributed by atoms with van der Waals surface area (Å²) < 4.78 is 5.43. The zero-order valence-corrected chi connectivity index (χ0v) is 8.99. The van der Waals surface area contributed by atoms with E-state index in [2.05, 4.69) is 25.8 Å². The Morgan fingerprint density at radius 1 is 1.54 bits per heavy atom. The highest BCUT2D eigenvalue weighted by atomic mass is 16.5. The maximum absolute atomic E-state index is 6.02. The minimum atomic E-state index is 0.329. The van der Waals surface area contributed by atoms with Crippen LogP contribution in [0.3, 0.4) is 0 Å². The van der Waals surface area contributed by atoms with Crippen molar-refractivity contribution >= 4 is 0 Å². The molecule has 0 radical (unpaired) electrons. The van der Waals surface area contributed by atoms with Gasteiger partial charge in [0.05, 0.1) is 6.61 Å². The number of nitrogens with two attached hydrogens (primary N) is 1. The van der Waals surface area contributed by atoms with E-state index in [1.54, 1.807) is 0 Å². The van der Waals surface area contributed by atoms with Crippen molar-refractivity contribution in [2.24, 2.45) is 11.7 Å². The van der Waals surface area contributed by atoms with Gasteiger partial charge in [-0.1, -0.05) is 0 Å². The summed E-state index contributed by atoms with van der Waals surface area (Å²) >= 11 is 0. The quantitative estimate of drug-likeness (QED) is 0.705. The lowest BCUT2D eigenvalue weighted by atomic mass is 9.96. The molecule has 1 heterocycles. The number of hydrogen-bond acceptors (Lipinski definition) is 3. The van der Waals surface area contributed by atoms with Gasteiger partial charge in [-0.05, 0) is 27.3 Å². The van der Waals surface area contributed by atoms with Crippen LogP contribution >= 0.6 is 0 Å². The van der Waals surface area contributed by atoms with E-state index in [0.717, 1.165) is 26.2 Å². The lowest BCUT2D eigenvalue weighted by molar-refractivity contribution is 0.0259. The van der Waals surface area contributed by atoms with Gasteiger partial charge in [-0.25, -0.2) is 0 Å². The molecular formula is C10H22N2O. The van der Waals surface area contributed by atoms with Gasteiger partial charge in [-0.15, -0.1) is 0 Å². The van der Waals surface area contributed by atoms with Crippen LogP contribution < -0.4 is 5.73 Å². The lowest BCUT2D eigenvalue weighted by Crippen LogP contribution is -2.45. The van der Waals surface area contributed by atoms with Gasteiger partial charge in [-0.2, -0.15) is 0 Å². The van der Waals surface area contributed by atoms with Crippen LogP contribution in [-0.2, 0) is 4.74 Å². The fourth-order valence-corrected chi connectivity index (χ4v) is 1.58. The molecule has 1 rings (SSSR count). The molecular weight excluding hydrogens is 164 g/mol. The van der Waals surface area contributed by atoms with Crippen LogP contribution in [0.25, 0.3) is 0 Å². The first-order chi connectivity index (χ1) is 6.11.